The highest BCUT2D eigenvalue weighted by Gasteiger charge is 2.26. The first-order valence-electron chi connectivity index (χ1n) is 7.67. The predicted molar refractivity (Wildman–Crippen MR) is 90.2 cm³/mol. The number of nitrogens with zero attached hydrogens (tertiary/aromatic N) is 2. The van der Waals surface area contributed by atoms with Crippen molar-refractivity contribution in [3.8, 4) is 0 Å². The fourth-order valence-electron chi connectivity index (χ4n) is 3.02. The standard InChI is InChI=1S/C17H18N2O4/c1-5-17(3,4)19-15(22)11-7-9-10(8-12(11)16(19)23)14(21)18(6-2)13(9)20/h7-8H,5-6H2,1-4H3. The van der Waals surface area contributed by atoms with E-state index in [9.17, 15) is 19.2 Å². The van der Waals surface area contributed by atoms with Crippen LogP contribution in [-0.2, 0) is 12.1 Å². The van der Waals surface area contributed by atoms with Crippen molar-refractivity contribution in [3.05, 3.63) is 53.5 Å². The van der Waals surface area contributed by atoms with Crippen molar-refractivity contribution in [1.82, 2.24) is 9.13 Å². The van der Waals surface area contributed by atoms with E-state index in [0.29, 0.717) is 6.42 Å². The summed E-state index contributed by atoms with van der Waals surface area (Å²) in [4.78, 5) is 49.8. The van der Waals surface area contributed by atoms with Crippen molar-refractivity contribution < 1.29 is 0 Å². The van der Waals surface area contributed by atoms with E-state index in [1.54, 1.807) is 6.92 Å². The van der Waals surface area contributed by atoms with Crippen LogP contribution in [0.3, 0.4) is 0 Å². The number of rotatable bonds is 3. The fraction of sp³-hybridized carbons (Fsp3) is 0.412. The Balaban J connectivity index is 2.55. The zero-order valence-electron chi connectivity index (χ0n) is 13.6. The van der Waals surface area contributed by atoms with Crippen molar-refractivity contribution in [2.24, 2.45) is 0 Å². The molecule has 0 saturated carbocycles. The highest BCUT2D eigenvalue weighted by molar-refractivity contribution is 5.97. The molecule has 2 heterocycles. The summed E-state index contributed by atoms with van der Waals surface area (Å²) in [5, 5.41) is 0.810. The predicted octanol–water partition coefficient (Wildman–Crippen LogP) is 1.08. The molecule has 0 radical (unpaired) electrons. The normalized spacial score (nSPS) is 12.5. The second kappa shape index (κ2) is 4.75. The summed E-state index contributed by atoms with van der Waals surface area (Å²) in [7, 11) is 0. The van der Waals surface area contributed by atoms with Gasteiger partial charge < -0.3 is 0 Å². The average Bonchev–Trinajstić information content (AvgIpc) is 2.91. The van der Waals surface area contributed by atoms with Gasteiger partial charge in [-0.05, 0) is 39.3 Å². The molecule has 23 heavy (non-hydrogen) atoms. The van der Waals surface area contributed by atoms with Gasteiger partial charge >= 0.3 is 0 Å². The number of benzene rings is 1. The van der Waals surface area contributed by atoms with Crippen LogP contribution in [0.25, 0.3) is 21.5 Å². The molecule has 0 amide bonds. The topological polar surface area (TPSA) is 78.1 Å². The molecule has 0 aliphatic rings. The molecule has 0 bridgehead atoms. The lowest BCUT2D eigenvalue weighted by Gasteiger charge is -2.22. The molecule has 0 fully saturated rings. The number of hydrogen-bond donors (Lipinski definition) is 0. The van der Waals surface area contributed by atoms with Crippen molar-refractivity contribution in [2.75, 3.05) is 0 Å². The molecule has 0 spiro atoms. The highest BCUT2D eigenvalue weighted by atomic mass is 16.2. The smallest absolute Gasteiger partial charge is 0.262 e. The minimum Gasteiger partial charge on any atom is -0.275 e. The summed E-state index contributed by atoms with van der Waals surface area (Å²) < 4.78 is 2.34. The van der Waals surface area contributed by atoms with E-state index in [4.69, 9.17) is 0 Å². The van der Waals surface area contributed by atoms with E-state index in [1.807, 2.05) is 20.8 Å². The van der Waals surface area contributed by atoms with Crippen LogP contribution in [-0.4, -0.2) is 9.13 Å². The van der Waals surface area contributed by atoms with Gasteiger partial charge in [-0.2, -0.15) is 0 Å². The van der Waals surface area contributed by atoms with Crippen LogP contribution >= 0.6 is 0 Å². The lowest BCUT2D eigenvalue weighted by atomic mass is 10.0. The third-order valence-electron chi connectivity index (χ3n) is 4.76. The van der Waals surface area contributed by atoms with Gasteiger partial charge in [0.1, 0.15) is 0 Å². The van der Waals surface area contributed by atoms with Crippen molar-refractivity contribution >= 4 is 21.5 Å². The van der Waals surface area contributed by atoms with Crippen LogP contribution in [0.15, 0.2) is 31.3 Å². The first-order chi connectivity index (χ1) is 10.7. The molecule has 0 N–H and O–H groups in total. The van der Waals surface area contributed by atoms with Crippen LogP contribution < -0.4 is 22.2 Å². The zero-order valence-corrected chi connectivity index (χ0v) is 13.6. The molecular weight excluding hydrogens is 296 g/mol. The number of aromatic nitrogens is 2. The fourth-order valence-corrected chi connectivity index (χ4v) is 3.02. The molecule has 0 unspecified atom stereocenters. The van der Waals surface area contributed by atoms with Crippen LogP contribution in [0.2, 0.25) is 0 Å². The lowest BCUT2D eigenvalue weighted by Crippen LogP contribution is -2.40. The van der Waals surface area contributed by atoms with Crippen LogP contribution in [0.1, 0.15) is 34.1 Å². The molecule has 6 nitrogen and oxygen atoms in total. The van der Waals surface area contributed by atoms with Crippen LogP contribution in [0.4, 0.5) is 0 Å². The Morgan fingerprint density at radius 3 is 1.52 bits per heavy atom. The van der Waals surface area contributed by atoms with E-state index in [0.717, 1.165) is 4.57 Å². The quantitative estimate of drug-likeness (QED) is 0.724. The molecule has 2 aromatic heterocycles. The first kappa shape index (κ1) is 15.4. The Kier molecular flexibility index (Phi) is 3.18. The van der Waals surface area contributed by atoms with Crippen LogP contribution in [0, 0.1) is 0 Å². The summed E-state index contributed by atoms with van der Waals surface area (Å²) in [6.45, 7) is 7.50. The maximum atomic E-state index is 12.6. The Hall–Kier alpha value is -2.50. The SMILES string of the molecule is CCn1c(=O)c2cc3c(=O)n(C(C)(C)CC)c(=O)c3cc2c1=O. The second-order valence-electron chi connectivity index (χ2n) is 6.41. The van der Waals surface area contributed by atoms with E-state index in [2.05, 4.69) is 0 Å². The zero-order chi connectivity index (χ0) is 17.1. The maximum absolute atomic E-state index is 12.6. The number of hydrogen-bond acceptors (Lipinski definition) is 4. The third kappa shape index (κ3) is 1.87. The van der Waals surface area contributed by atoms with Gasteiger partial charge in [0.15, 0.2) is 0 Å². The van der Waals surface area contributed by atoms with Gasteiger partial charge in [-0.25, -0.2) is 0 Å². The maximum Gasteiger partial charge on any atom is 0.262 e. The summed E-state index contributed by atoms with van der Waals surface area (Å²) >= 11 is 0. The average molecular weight is 314 g/mol. The molecular formula is C17H18N2O4. The molecule has 1 aromatic carbocycles. The van der Waals surface area contributed by atoms with Gasteiger partial charge in [0, 0.05) is 12.1 Å². The Labute approximate surface area is 131 Å². The molecule has 0 aliphatic carbocycles. The minimum absolute atomic E-state index is 0.202. The summed E-state index contributed by atoms with van der Waals surface area (Å²) in [5.74, 6) is 0. The van der Waals surface area contributed by atoms with Crippen molar-refractivity contribution in [2.45, 2.75) is 46.2 Å². The summed E-state index contributed by atoms with van der Waals surface area (Å²) in [6.07, 6.45) is 0.611. The number of fused-ring (bicyclic) bond motifs is 2. The largest absolute Gasteiger partial charge is 0.275 e. The molecule has 0 atom stereocenters. The van der Waals surface area contributed by atoms with Gasteiger partial charge in [0.05, 0.1) is 21.5 Å². The second-order valence-corrected chi connectivity index (χ2v) is 6.41. The van der Waals surface area contributed by atoms with Gasteiger partial charge in [0.2, 0.25) is 0 Å². The molecule has 3 rings (SSSR count). The van der Waals surface area contributed by atoms with Crippen molar-refractivity contribution in [3.63, 3.8) is 0 Å². The molecule has 6 heteroatoms. The summed E-state index contributed by atoms with van der Waals surface area (Å²) in [6, 6.07) is 2.79. The molecule has 0 aliphatic heterocycles. The lowest BCUT2D eigenvalue weighted by molar-refractivity contribution is 0.328. The van der Waals surface area contributed by atoms with E-state index in [-0.39, 0.29) is 28.1 Å². The molecule has 3 aromatic rings. The highest BCUT2D eigenvalue weighted by Crippen LogP contribution is 2.20. The monoisotopic (exact) mass is 314 g/mol. The summed E-state index contributed by atoms with van der Waals surface area (Å²) in [5.41, 5.74) is -2.27. The van der Waals surface area contributed by atoms with Gasteiger partial charge in [-0.1, -0.05) is 6.92 Å². The third-order valence-corrected chi connectivity index (χ3v) is 4.76. The van der Waals surface area contributed by atoms with E-state index >= 15 is 0 Å². The van der Waals surface area contributed by atoms with E-state index in [1.165, 1.54) is 16.7 Å². The molecule has 0 saturated heterocycles. The Morgan fingerprint density at radius 2 is 1.17 bits per heavy atom. The Morgan fingerprint density at radius 1 is 0.783 bits per heavy atom. The van der Waals surface area contributed by atoms with Crippen LogP contribution in [0.5, 0.6) is 0 Å². The van der Waals surface area contributed by atoms with E-state index < -0.39 is 27.8 Å². The molecule has 120 valence electrons. The van der Waals surface area contributed by atoms with Gasteiger partial charge in [-0.15, -0.1) is 0 Å². The van der Waals surface area contributed by atoms with Gasteiger partial charge in [-0.3, -0.25) is 28.3 Å². The first-order valence-corrected chi connectivity index (χ1v) is 7.67. The Bertz CT molecular complexity index is 1060. The minimum atomic E-state index is -0.624. The van der Waals surface area contributed by atoms with Gasteiger partial charge in [0.25, 0.3) is 22.2 Å². The van der Waals surface area contributed by atoms with Crippen molar-refractivity contribution in [1.29, 1.82) is 0 Å².